The fourth-order valence-corrected chi connectivity index (χ4v) is 2.42. The van der Waals surface area contributed by atoms with E-state index in [0.717, 1.165) is 6.61 Å². The lowest BCUT2D eigenvalue weighted by Crippen LogP contribution is -2.48. The van der Waals surface area contributed by atoms with Gasteiger partial charge in [0.05, 0.1) is 12.7 Å². The van der Waals surface area contributed by atoms with Crippen LogP contribution in [0.25, 0.3) is 0 Å². The third-order valence-corrected chi connectivity index (χ3v) is 3.28. The van der Waals surface area contributed by atoms with Crippen molar-refractivity contribution in [2.75, 3.05) is 6.61 Å². The molecule has 1 aliphatic heterocycles. The Morgan fingerprint density at radius 2 is 1.86 bits per heavy atom. The van der Waals surface area contributed by atoms with Crippen molar-refractivity contribution in [3.63, 3.8) is 0 Å². The first-order chi connectivity index (χ1) is 6.50. The summed E-state index contributed by atoms with van der Waals surface area (Å²) in [7, 11) is 0. The zero-order valence-corrected chi connectivity index (χ0v) is 9.75. The van der Waals surface area contributed by atoms with Crippen LogP contribution in [0.4, 0.5) is 0 Å². The molecule has 2 atom stereocenters. The van der Waals surface area contributed by atoms with Crippen molar-refractivity contribution in [1.82, 2.24) is 0 Å². The van der Waals surface area contributed by atoms with E-state index in [1.807, 2.05) is 0 Å². The molecular formula is C12H22O2. The molecule has 2 fully saturated rings. The second-order valence-electron chi connectivity index (χ2n) is 5.81. The van der Waals surface area contributed by atoms with Gasteiger partial charge in [0.15, 0.2) is 6.29 Å². The highest BCUT2D eigenvalue weighted by molar-refractivity contribution is 4.88. The van der Waals surface area contributed by atoms with Gasteiger partial charge in [-0.2, -0.15) is 0 Å². The monoisotopic (exact) mass is 198 g/mol. The maximum atomic E-state index is 6.06. The Morgan fingerprint density at radius 1 is 1.21 bits per heavy atom. The van der Waals surface area contributed by atoms with Gasteiger partial charge in [-0.15, -0.1) is 0 Å². The van der Waals surface area contributed by atoms with Crippen LogP contribution in [-0.4, -0.2) is 19.0 Å². The lowest BCUT2D eigenvalue weighted by atomic mass is 9.80. The summed E-state index contributed by atoms with van der Waals surface area (Å²) in [6, 6.07) is 0. The predicted octanol–water partition coefficient (Wildman–Crippen LogP) is 2.82. The fraction of sp³-hybridized carbons (Fsp3) is 1.00. The molecule has 1 aliphatic carbocycles. The molecule has 0 N–H and O–H groups in total. The largest absolute Gasteiger partial charge is 0.352 e. The molecule has 1 saturated heterocycles. The van der Waals surface area contributed by atoms with Crippen LogP contribution in [0, 0.1) is 17.3 Å². The molecule has 0 amide bonds. The molecule has 0 bridgehead atoms. The van der Waals surface area contributed by atoms with Gasteiger partial charge in [-0.25, -0.2) is 0 Å². The first kappa shape index (κ1) is 10.4. The maximum absolute atomic E-state index is 6.06. The van der Waals surface area contributed by atoms with Crippen LogP contribution in [-0.2, 0) is 9.47 Å². The van der Waals surface area contributed by atoms with E-state index in [1.165, 1.54) is 12.8 Å². The van der Waals surface area contributed by atoms with Crippen LogP contribution in [0.1, 0.15) is 40.5 Å². The summed E-state index contributed by atoms with van der Waals surface area (Å²) in [5, 5.41) is 0. The average molecular weight is 198 g/mol. The number of rotatable bonds is 2. The van der Waals surface area contributed by atoms with Crippen molar-refractivity contribution in [3.05, 3.63) is 0 Å². The zero-order valence-electron chi connectivity index (χ0n) is 9.75. The van der Waals surface area contributed by atoms with Gasteiger partial charge in [0.25, 0.3) is 0 Å². The molecule has 2 rings (SSSR count). The van der Waals surface area contributed by atoms with E-state index in [9.17, 15) is 0 Å². The lowest BCUT2D eigenvalue weighted by Gasteiger charge is -2.44. The zero-order chi connectivity index (χ0) is 10.3. The third-order valence-electron chi connectivity index (χ3n) is 3.28. The van der Waals surface area contributed by atoms with Gasteiger partial charge in [0.2, 0.25) is 0 Å². The molecule has 82 valence electrons. The molecular weight excluding hydrogens is 176 g/mol. The minimum Gasteiger partial charge on any atom is -0.352 e. The van der Waals surface area contributed by atoms with Crippen molar-refractivity contribution < 1.29 is 9.47 Å². The predicted molar refractivity (Wildman–Crippen MR) is 56.0 cm³/mol. The minimum atomic E-state index is 0.0930. The molecule has 0 radical (unpaired) electrons. The van der Waals surface area contributed by atoms with E-state index in [2.05, 4.69) is 27.7 Å². The molecule has 0 aromatic rings. The Bertz CT molecular complexity index is 206. The van der Waals surface area contributed by atoms with Gasteiger partial charge >= 0.3 is 0 Å². The van der Waals surface area contributed by atoms with E-state index in [0.29, 0.717) is 17.9 Å². The number of ether oxygens (including phenoxy) is 2. The highest BCUT2D eigenvalue weighted by atomic mass is 16.7. The van der Waals surface area contributed by atoms with Gasteiger partial charge in [-0.05, 0) is 18.8 Å². The summed E-state index contributed by atoms with van der Waals surface area (Å²) in [5.74, 6) is 1.27. The van der Waals surface area contributed by atoms with Crippen LogP contribution < -0.4 is 0 Å². The van der Waals surface area contributed by atoms with Crippen LogP contribution in [0.2, 0.25) is 0 Å². The highest BCUT2D eigenvalue weighted by Crippen LogP contribution is 2.42. The van der Waals surface area contributed by atoms with Gasteiger partial charge in [-0.1, -0.05) is 27.7 Å². The van der Waals surface area contributed by atoms with E-state index >= 15 is 0 Å². The molecule has 1 heterocycles. The molecule has 2 aliphatic rings. The first-order valence-corrected chi connectivity index (χ1v) is 5.78. The highest BCUT2D eigenvalue weighted by Gasteiger charge is 2.44. The van der Waals surface area contributed by atoms with E-state index in [-0.39, 0.29) is 11.7 Å². The summed E-state index contributed by atoms with van der Waals surface area (Å²) in [6.07, 6.45) is 3.02. The molecule has 1 saturated carbocycles. The molecule has 2 heteroatoms. The minimum absolute atomic E-state index is 0.0930. The van der Waals surface area contributed by atoms with E-state index in [1.54, 1.807) is 0 Å². The Hall–Kier alpha value is -0.0800. The SMILES string of the molecule is CC(C)C1OC(C2CC2)OCC1(C)C. The van der Waals surface area contributed by atoms with Crippen LogP contribution in [0.3, 0.4) is 0 Å². The van der Waals surface area contributed by atoms with E-state index in [4.69, 9.17) is 9.47 Å². The number of hydrogen-bond acceptors (Lipinski definition) is 2. The van der Waals surface area contributed by atoms with E-state index < -0.39 is 0 Å². The van der Waals surface area contributed by atoms with Gasteiger partial charge in [0, 0.05) is 11.3 Å². The van der Waals surface area contributed by atoms with Crippen molar-refractivity contribution in [1.29, 1.82) is 0 Å². The average Bonchev–Trinajstić information content (AvgIpc) is 2.86. The molecule has 0 spiro atoms. The maximum Gasteiger partial charge on any atom is 0.160 e. The first-order valence-electron chi connectivity index (χ1n) is 5.78. The summed E-state index contributed by atoms with van der Waals surface area (Å²) in [6.45, 7) is 9.79. The summed E-state index contributed by atoms with van der Waals surface area (Å²) < 4.78 is 11.8. The van der Waals surface area contributed by atoms with Crippen LogP contribution in [0.15, 0.2) is 0 Å². The topological polar surface area (TPSA) is 18.5 Å². The summed E-state index contributed by atoms with van der Waals surface area (Å²) in [4.78, 5) is 0. The third kappa shape index (κ3) is 1.96. The Morgan fingerprint density at radius 3 is 2.36 bits per heavy atom. The standard InChI is InChI=1S/C12H22O2/c1-8(2)10-12(3,4)7-13-11(14-10)9-5-6-9/h8-11H,5-7H2,1-4H3. The quantitative estimate of drug-likeness (QED) is 0.679. The van der Waals surface area contributed by atoms with Gasteiger partial charge in [-0.3, -0.25) is 0 Å². The second-order valence-corrected chi connectivity index (χ2v) is 5.81. The molecule has 0 aromatic carbocycles. The summed E-state index contributed by atoms with van der Waals surface area (Å²) >= 11 is 0. The Labute approximate surface area is 87.0 Å². The van der Waals surface area contributed by atoms with Crippen LogP contribution in [0.5, 0.6) is 0 Å². The molecule has 2 unspecified atom stereocenters. The van der Waals surface area contributed by atoms with Crippen molar-refractivity contribution >= 4 is 0 Å². The Kier molecular flexibility index (Phi) is 2.61. The van der Waals surface area contributed by atoms with Crippen molar-refractivity contribution in [3.8, 4) is 0 Å². The van der Waals surface area contributed by atoms with Gasteiger partial charge in [0.1, 0.15) is 0 Å². The Balaban J connectivity index is 2.01. The number of hydrogen-bond donors (Lipinski definition) is 0. The van der Waals surface area contributed by atoms with Crippen molar-refractivity contribution in [2.45, 2.75) is 52.9 Å². The summed E-state index contributed by atoms with van der Waals surface area (Å²) in [5.41, 5.74) is 0.166. The second kappa shape index (κ2) is 3.49. The van der Waals surface area contributed by atoms with Gasteiger partial charge < -0.3 is 9.47 Å². The van der Waals surface area contributed by atoms with Crippen LogP contribution >= 0.6 is 0 Å². The molecule has 2 nitrogen and oxygen atoms in total. The normalized spacial score (nSPS) is 37.5. The molecule has 0 aromatic heterocycles. The fourth-order valence-electron chi connectivity index (χ4n) is 2.42. The molecule has 14 heavy (non-hydrogen) atoms. The lowest BCUT2D eigenvalue weighted by molar-refractivity contribution is -0.276. The van der Waals surface area contributed by atoms with Crippen molar-refractivity contribution in [2.24, 2.45) is 17.3 Å². The smallest absolute Gasteiger partial charge is 0.160 e.